The Kier molecular flexibility index (Phi) is 6.16. The number of amides is 2. The molecule has 0 unspecified atom stereocenters. The molecular weight excluding hydrogens is 336 g/mol. The number of carbonyl (C=O) groups excluding carboxylic acids is 1. The van der Waals surface area contributed by atoms with Gasteiger partial charge in [-0.15, -0.1) is 0 Å². The lowest BCUT2D eigenvalue weighted by atomic mass is 10.2. The lowest BCUT2D eigenvalue weighted by Gasteiger charge is -2.28. The van der Waals surface area contributed by atoms with Crippen LogP contribution in [0.5, 0.6) is 0 Å². The fourth-order valence-electron chi connectivity index (χ4n) is 2.32. The smallest absolute Gasteiger partial charge is 0.327 e. The van der Waals surface area contributed by atoms with Crippen molar-refractivity contribution >= 4 is 21.8 Å². The monoisotopic (exact) mass is 356 g/mol. The first kappa shape index (κ1) is 18.2. The number of ether oxygens (including phenoxy) is 1. The summed E-state index contributed by atoms with van der Waals surface area (Å²) in [5, 5.41) is 11.5. The molecule has 0 spiro atoms. The second-order valence-electron chi connectivity index (χ2n) is 5.48. The van der Waals surface area contributed by atoms with E-state index in [1.165, 1.54) is 4.90 Å². The van der Waals surface area contributed by atoms with Gasteiger partial charge in [-0.25, -0.2) is 18.0 Å². The van der Waals surface area contributed by atoms with Gasteiger partial charge in [-0.3, -0.25) is 0 Å². The highest BCUT2D eigenvalue weighted by Gasteiger charge is 2.29. The quantitative estimate of drug-likeness (QED) is 0.747. The van der Waals surface area contributed by atoms with Gasteiger partial charge in [-0.1, -0.05) is 30.3 Å². The number of benzene rings is 1. The third-order valence-electron chi connectivity index (χ3n) is 3.54. The van der Waals surface area contributed by atoms with E-state index in [1.807, 2.05) is 0 Å². The molecule has 1 heterocycles. The molecule has 1 aliphatic heterocycles. The molecule has 132 valence electrons. The summed E-state index contributed by atoms with van der Waals surface area (Å²) in [7, 11) is -3.69. The molecule has 0 aliphatic carbocycles. The number of carbonyl (C=O) groups is 2. The van der Waals surface area contributed by atoms with E-state index in [-0.39, 0.29) is 5.75 Å². The first-order valence-electron chi connectivity index (χ1n) is 7.48. The van der Waals surface area contributed by atoms with Crippen LogP contribution >= 0.6 is 0 Å². The molecule has 1 atom stereocenters. The van der Waals surface area contributed by atoms with Gasteiger partial charge in [0.25, 0.3) is 0 Å². The van der Waals surface area contributed by atoms with Gasteiger partial charge in [0.2, 0.25) is 0 Å². The number of aliphatic carboxylic acids is 1. The van der Waals surface area contributed by atoms with Crippen molar-refractivity contribution in [3.8, 4) is 0 Å². The van der Waals surface area contributed by atoms with Crippen molar-refractivity contribution in [1.82, 2.24) is 10.2 Å². The summed E-state index contributed by atoms with van der Waals surface area (Å²) in [6.45, 7) is 1.43. The molecule has 24 heavy (non-hydrogen) atoms. The van der Waals surface area contributed by atoms with Crippen LogP contribution in [0.2, 0.25) is 0 Å². The van der Waals surface area contributed by atoms with Gasteiger partial charge in [-0.2, -0.15) is 0 Å². The molecule has 2 amide bonds. The number of nitrogens with zero attached hydrogens (tertiary/aromatic N) is 1. The van der Waals surface area contributed by atoms with Crippen LogP contribution < -0.4 is 5.32 Å². The van der Waals surface area contributed by atoms with Gasteiger partial charge in [0, 0.05) is 13.1 Å². The largest absolute Gasteiger partial charge is 0.480 e. The van der Waals surface area contributed by atoms with Gasteiger partial charge in [0.1, 0.15) is 6.04 Å². The molecule has 1 saturated heterocycles. The Bertz CT molecular complexity index is 670. The highest BCUT2D eigenvalue weighted by atomic mass is 32.2. The van der Waals surface area contributed by atoms with E-state index >= 15 is 0 Å². The second kappa shape index (κ2) is 8.11. The predicted octanol–water partition coefficient (Wildman–Crippen LogP) is 0.0964. The number of nitrogens with one attached hydrogen (secondary N) is 1. The van der Waals surface area contributed by atoms with Crippen molar-refractivity contribution in [2.75, 3.05) is 32.1 Å². The maximum absolute atomic E-state index is 12.2. The van der Waals surface area contributed by atoms with Crippen molar-refractivity contribution in [1.29, 1.82) is 0 Å². The van der Waals surface area contributed by atoms with Gasteiger partial charge < -0.3 is 20.1 Å². The van der Waals surface area contributed by atoms with Crippen molar-refractivity contribution in [2.45, 2.75) is 11.8 Å². The Hall–Kier alpha value is -2.13. The molecule has 2 N–H and O–H groups in total. The molecular formula is C15H20N2O6S. The van der Waals surface area contributed by atoms with Crippen LogP contribution in [0.1, 0.15) is 5.56 Å². The van der Waals surface area contributed by atoms with Crippen molar-refractivity contribution in [3.05, 3.63) is 35.9 Å². The number of sulfone groups is 1. The van der Waals surface area contributed by atoms with E-state index in [2.05, 4.69) is 5.32 Å². The highest BCUT2D eigenvalue weighted by molar-refractivity contribution is 7.90. The number of morpholine rings is 1. The molecule has 1 aliphatic rings. The van der Waals surface area contributed by atoms with Crippen molar-refractivity contribution in [3.63, 3.8) is 0 Å². The summed E-state index contributed by atoms with van der Waals surface area (Å²) >= 11 is 0. The van der Waals surface area contributed by atoms with E-state index in [0.717, 1.165) is 0 Å². The number of hydrogen-bond acceptors (Lipinski definition) is 5. The van der Waals surface area contributed by atoms with Gasteiger partial charge in [-0.05, 0) is 5.56 Å². The molecule has 8 nitrogen and oxygen atoms in total. The molecule has 0 bridgehead atoms. The third kappa shape index (κ3) is 5.50. The zero-order valence-corrected chi connectivity index (χ0v) is 13.9. The maximum atomic E-state index is 12.2. The molecule has 2 rings (SSSR count). The second-order valence-corrected chi connectivity index (χ2v) is 7.59. The Morgan fingerprint density at radius 2 is 1.83 bits per heavy atom. The van der Waals surface area contributed by atoms with Gasteiger partial charge in [0.05, 0.1) is 24.7 Å². The van der Waals surface area contributed by atoms with Crippen LogP contribution in [0.25, 0.3) is 0 Å². The van der Waals surface area contributed by atoms with Crippen LogP contribution in [0, 0.1) is 0 Å². The van der Waals surface area contributed by atoms with E-state index in [0.29, 0.717) is 31.9 Å². The standard InChI is InChI=1S/C15H20N2O6S/c18-14(19)13(16-15(20)17-6-8-23-9-7-17)11-24(21,22)10-12-4-2-1-3-5-12/h1-5,13H,6-11H2,(H,16,20)(H,18,19)/t13-/m1/s1. The average molecular weight is 356 g/mol. The number of carboxylic acid groups (broad SMARTS) is 1. The summed E-state index contributed by atoms with van der Waals surface area (Å²) in [6, 6.07) is 6.40. The van der Waals surface area contributed by atoms with Crippen LogP contribution in [0.15, 0.2) is 30.3 Å². The first-order valence-corrected chi connectivity index (χ1v) is 9.30. The number of rotatable bonds is 6. The van der Waals surface area contributed by atoms with Crippen molar-refractivity contribution < 1.29 is 27.9 Å². The molecule has 0 radical (unpaired) electrons. The van der Waals surface area contributed by atoms with Crippen LogP contribution in [0.4, 0.5) is 4.79 Å². The first-order chi connectivity index (χ1) is 11.4. The van der Waals surface area contributed by atoms with E-state index in [1.54, 1.807) is 30.3 Å². The summed E-state index contributed by atoms with van der Waals surface area (Å²) in [4.78, 5) is 24.8. The highest BCUT2D eigenvalue weighted by Crippen LogP contribution is 2.08. The number of urea groups is 1. The molecule has 0 aromatic heterocycles. The Morgan fingerprint density at radius 3 is 2.42 bits per heavy atom. The van der Waals surface area contributed by atoms with Gasteiger partial charge in [0.15, 0.2) is 9.84 Å². The average Bonchev–Trinajstić information content (AvgIpc) is 2.55. The zero-order chi connectivity index (χ0) is 17.6. The topological polar surface area (TPSA) is 113 Å². The number of carboxylic acids is 1. The fraction of sp³-hybridized carbons (Fsp3) is 0.467. The van der Waals surface area contributed by atoms with E-state index < -0.39 is 33.6 Å². The Labute approximate surface area is 140 Å². The minimum atomic E-state index is -3.69. The Balaban J connectivity index is 1.99. The summed E-state index contributed by atoms with van der Waals surface area (Å²) < 4.78 is 29.6. The normalized spacial score (nSPS) is 16.4. The lowest BCUT2D eigenvalue weighted by molar-refractivity contribution is -0.138. The minimum Gasteiger partial charge on any atom is -0.480 e. The fourth-order valence-corrected chi connectivity index (χ4v) is 3.87. The predicted molar refractivity (Wildman–Crippen MR) is 86.3 cm³/mol. The zero-order valence-electron chi connectivity index (χ0n) is 13.1. The summed E-state index contributed by atoms with van der Waals surface area (Å²) in [5.74, 6) is -2.31. The summed E-state index contributed by atoms with van der Waals surface area (Å²) in [6.07, 6.45) is 0. The van der Waals surface area contributed by atoms with E-state index in [4.69, 9.17) is 4.74 Å². The maximum Gasteiger partial charge on any atom is 0.327 e. The summed E-state index contributed by atoms with van der Waals surface area (Å²) in [5.41, 5.74) is 0.571. The molecule has 9 heteroatoms. The Morgan fingerprint density at radius 1 is 1.21 bits per heavy atom. The molecule has 1 fully saturated rings. The van der Waals surface area contributed by atoms with Crippen molar-refractivity contribution in [2.24, 2.45) is 0 Å². The molecule has 1 aromatic rings. The van der Waals surface area contributed by atoms with E-state index in [9.17, 15) is 23.1 Å². The van der Waals surface area contributed by atoms with Crippen LogP contribution in [-0.2, 0) is 25.1 Å². The number of hydrogen-bond donors (Lipinski definition) is 2. The third-order valence-corrected chi connectivity index (χ3v) is 5.16. The van der Waals surface area contributed by atoms with Crippen LogP contribution in [-0.4, -0.2) is 68.5 Å². The lowest BCUT2D eigenvalue weighted by Crippen LogP contribution is -2.53. The minimum absolute atomic E-state index is 0.273. The molecule has 1 aromatic carbocycles. The van der Waals surface area contributed by atoms with Gasteiger partial charge >= 0.3 is 12.0 Å². The SMILES string of the molecule is O=C(O)[C@@H](CS(=O)(=O)Cc1ccccc1)NC(=O)N1CCOCC1. The molecule has 0 saturated carbocycles. The van der Waals surface area contributed by atoms with Crippen LogP contribution in [0.3, 0.4) is 0 Å².